The average molecular weight is 514 g/mol. The SMILES string of the molecule is COC(=O)c1ccc(-c2ccc(C(C)C(O)(c3c[nH]c(=O)c(C)c3)C(F)(F)F)c(Cl)c2)cc1Cl. The van der Waals surface area contributed by atoms with Gasteiger partial charge in [0.15, 0.2) is 5.60 Å². The number of esters is 1. The van der Waals surface area contributed by atoms with Gasteiger partial charge in [-0.05, 0) is 47.9 Å². The summed E-state index contributed by atoms with van der Waals surface area (Å²) in [6.45, 7) is 2.55. The van der Waals surface area contributed by atoms with E-state index < -0.39 is 34.8 Å². The van der Waals surface area contributed by atoms with Crippen LogP contribution in [0.25, 0.3) is 11.1 Å². The van der Waals surface area contributed by atoms with E-state index in [9.17, 15) is 27.9 Å². The fourth-order valence-corrected chi connectivity index (χ4v) is 4.33. The van der Waals surface area contributed by atoms with E-state index in [0.717, 1.165) is 12.3 Å². The van der Waals surface area contributed by atoms with Crippen LogP contribution in [0, 0.1) is 6.92 Å². The van der Waals surface area contributed by atoms with E-state index in [1.807, 2.05) is 0 Å². The molecule has 0 fully saturated rings. The zero-order valence-corrected chi connectivity index (χ0v) is 19.8. The minimum Gasteiger partial charge on any atom is -0.465 e. The Morgan fingerprint density at radius 2 is 1.65 bits per heavy atom. The van der Waals surface area contributed by atoms with Gasteiger partial charge in [0.25, 0.3) is 5.56 Å². The van der Waals surface area contributed by atoms with Crippen LogP contribution in [-0.4, -0.2) is 29.3 Å². The molecule has 2 N–H and O–H groups in total. The maximum absolute atomic E-state index is 14.2. The van der Waals surface area contributed by atoms with Crippen LogP contribution in [0.4, 0.5) is 13.2 Å². The fourth-order valence-electron chi connectivity index (χ4n) is 3.73. The molecule has 3 aromatic rings. The van der Waals surface area contributed by atoms with Gasteiger partial charge >= 0.3 is 12.1 Å². The van der Waals surface area contributed by atoms with Crippen LogP contribution < -0.4 is 5.56 Å². The van der Waals surface area contributed by atoms with Gasteiger partial charge in [-0.2, -0.15) is 13.2 Å². The number of ether oxygens (including phenoxy) is 1. The molecule has 0 radical (unpaired) electrons. The summed E-state index contributed by atoms with van der Waals surface area (Å²) < 4.78 is 47.2. The van der Waals surface area contributed by atoms with Gasteiger partial charge in [-0.25, -0.2) is 4.79 Å². The van der Waals surface area contributed by atoms with Crippen molar-refractivity contribution in [1.29, 1.82) is 0 Å². The number of nitrogens with one attached hydrogen (secondary N) is 1. The van der Waals surface area contributed by atoms with Crippen LogP contribution in [-0.2, 0) is 10.3 Å². The van der Waals surface area contributed by atoms with E-state index in [0.29, 0.717) is 11.1 Å². The lowest BCUT2D eigenvalue weighted by atomic mass is 9.77. The van der Waals surface area contributed by atoms with Crippen LogP contribution in [0.1, 0.15) is 39.9 Å². The van der Waals surface area contributed by atoms with Gasteiger partial charge in [0.1, 0.15) is 0 Å². The number of benzene rings is 2. The number of aliphatic hydroxyl groups is 1. The van der Waals surface area contributed by atoms with E-state index in [1.165, 1.54) is 51.3 Å². The molecule has 0 saturated heterocycles. The van der Waals surface area contributed by atoms with Gasteiger partial charge in [0.05, 0.1) is 17.7 Å². The van der Waals surface area contributed by atoms with Gasteiger partial charge in [0.2, 0.25) is 0 Å². The lowest BCUT2D eigenvalue weighted by molar-refractivity contribution is -0.274. The lowest BCUT2D eigenvalue weighted by Gasteiger charge is -2.37. The quantitative estimate of drug-likeness (QED) is 0.410. The van der Waals surface area contributed by atoms with Gasteiger partial charge in [0, 0.05) is 28.3 Å². The van der Waals surface area contributed by atoms with Gasteiger partial charge < -0.3 is 14.8 Å². The number of H-pyrrole nitrogens is 1. The zero-order valence-electron chi connectivity index (χ0n) is 18.3. The Morgan fingerprint density at radius 3 is 2.15 bits per heavy atom. The number of carbonyl (C=O) groups is 1. The number of methoxy groups -OCH3 is 1. The molecule has 0 aliphatic heterocycles. The predicted molar refractivity (Wildman–Crippen MR) is 123 cm³/mol. The lowest BCUT2D eigenvalue weighted by Crippen LogP contribution is -2.47. The minimum atomic E-state index is -5.07. The molecule has 0 spiro atoms. The van der Waals surface area contributed by atoms with Crippen molar-refractivity contribution in [2.24, 2.45) is 0 Å². The molecule has 2 aromatic carbocycles. The predicted octanol–water partition coefficient (Wildman–Crippen LogP) is 6.00. The molecule has 0 aliphatic rings. The Bertz CT molecular complexity index is 1310. The molecule has 0 saturated carbocycles. The second kappa shape index (κ2) is 9.44. The highest BCUT2D eigenvalue weighted by atomic mass is 35.5. The molecule has 2 unspecified atom stereocenters. The molecule has 0 bridgehead atoms. The Balaban J connectivity index is 2.06. The van der Waals surface area contributed by atoms with E-state index >= 15 is 0 Å². The fraction of sp³-hybridized carbons (Fsp3) is 0.250. The van der Waals surface area contributed by atoms with Crippen molar-refractivity contribution in [2.75, 3.05) is 7.11 Å². The Labute approximate surface area is 203 Å². The van der Waals surface area contributed by atoms with Crippen LogP contribution >= 0.6 is 23.2 Å². The molecule has 0 aliphatic carbocycles. The maximum atomic E-state index is 14.2. The first kappa shape index (κ1) is 25.8. The van der Waals surface area contributed by atoms with Crippen molar-refractivity contribution in [3.8, 4) is 11.1 Å². The van der Waals surface area contributed by atoms with Crippen molar-refractivity contribution >= 4 is 29.2 Å². The van der Waals surface area contributed by atoms with Crippen LogP contribution in [0.15, 0.2) is 53.5 Å². The second-order valence-electron chi connectivity index (χ2n) is 7.81. The number of aryl methyl sites for hydroxylation is 1. The summed E-state index contributed by atoms with van der Waals surface area (Å²) in [7, 11) is 1.22. The molecule has 10 heteroatoms. The van der Waals surface area contributed by atoms with Gasteiger partial charge in [-0.1, -0.05) is 48.3 Å². The third-order valence-corrected chi connectivity index (χ3v) is 6.40. The number of carbonyl (C=O) groups excluding carboxylic acids is 1. The number of hydrogen-bond acceptors (Lipinski definition) is 4. The number of aromatic amines is 1. The molecule has 180 valence electrons. The van der Waals surface area contributed by atoms with Crippen molar-refractivity contribution < 1.29 is 27.8 Å². The largest absolute Gasteiger partial charge is 0.465 e. The molecule has 34 heavy (non-hydrogen) atoms. The summed E-state index contributed by atoms with van der Waals surface area (Å²) in [5.74, 6) is -2.13. The normalized spacial score (nSPS) is 14.4. The van der Waals surface area contributed by atoms with Crippen molar-refractivity contribution in [2.45, 2.75) is 31.5 Å². The second-order valence-corrected chi connectivity index (χ2v) is 8.62. The van der Waals surface area contributed by atoms with Crippen LogP contribution in [0.5, 0.6) is 0 Å². The number of pyridine rings is 1. The summed E-state index contributed by atoms with van der Waals surface area (Å²) in [6, 6.07) is 9.96. The molecule has 5 nitrogen and oxygen atoms in total. The molecule has 1 aromatic heterocycles. The number of aromatic nitrogens is 1. The first-order valence-electron chi connectivity index (χ1n) is 9.97. The van der Waals surface area contributed by atoms with E-state index in [1.54, 1.807) is 6.07 Å². The van der Waals surface area contributed by atoms with Gasteiger partial charge in [-0.3, -0.25) is 4.79 Å². The monoisotopic (exact) mass is 513 g/mol. The standard InChI is InChI=1S/C24H20Cl2F3NO4/c1-12-8-16(11-30-21(12)31)23(33,24(27,28)29)13(2)17-6-4-14(9-19(17)25)15-5-7-18(20(26)10-15)22(32)34-3/h4-11,13,33H,1-3H3,(H,30,31). The Kier molecular flexibility index (Phi) is 7.17. The minimum absolute atomic E-state index is 0.0120. The number of alkyl halides is 3. The van der Waals surface area contributed by atoms with E-state index in [2.05, 4.69) is 9.72 Å². The molecule has 1 heterocycles. The van der Waals surface area contributed by atoms with E-state index in [-0.39, 0.29) is 26.7 Å². The maximum Gasteiger partial charge on any atom is 0.422 e. The summed E-state index contributed by atoms with van der Waals surface area (Å²) >= 11 is 12.5. The summed E-state index contributed by atoms with van der Waals surface area (Å²) in [4.78, 5) is 25.6. The first-order chi connectivity index (χ1) is 15.8. The van der Waals surface area contributed by atoms with Gasteiger partial charge in [-0.15, -0.1) is 0 Å². The Hall–Kier alpha value is -2.81. The summed E-state index contributed by atoms with van der Waals surface area (Å²) in [5, 5.41) is 11.1. The number of rotatable bonds is 5. The summed E-state index contributed by atoms with van der Waals surface area (Å²) in [5.41, 5.74) is -3.03. The highest BCUT2D eigenvalue weighted by Gasteiger charge is 2.59. The molecule has 3 rings (SSSR count). The van der Waals surface area contributed by atoms with Crippen molar-refractivity contribution in [3.63, 3.8) is 0 Å². The third-order valence-electron chi connectivity index (χ3n) is 5.76. The van der Waals surface area contributed by atoms with Crippen molar-refractivity contribution in [3.05, 3.63) is 91.3 Å². The smallest absolute Gasteiger partial charge is 0.422 e. The Morgan fingerprint density at radius 1 is 1.06 bits per heavy atom. The van der Waals surface area contributed by atoms with Crippen LogP contribution in [0.3, 0.4) is 0 Å². The van der Waals surface area contributed by atoms with Crippen molar-refractivity contribution in [1.82, 2.24) is 4.98 Å². The number of halogens is 5. The zero-order chi connectivity index (χ0) is 25.4. The van der Waals surface area contributed by atoms with Crippen LogP contribution in [0.2, 0.25) is 10.0 Å². The summed E-state index contributed by atoms with van der Waals surface area (Å²) in [6.07, 6.45) is -4.22. The first-order valence-corrected chi connectivity index (χ1v) is 10.7. The molecule has 2 atom stereocenters. The topological polar surface area (TPSA) is 79.4 Å². The molecular weight excluding hydrogens is 494 g/mol. The number of hydrogen-bond donors (Lipinski definition) is 2. The average Bonchev–Trinajstić information content (AvgIpc) is 2.78. The molecule has 0 amide bonds. The highest BCUT2D eigenvalue weighted by molar-refractivity contribution is 6.34. The molecular formula is C24H20Cl2F3NO4. The van der Waals surface area contributed by atoms with E-state index in [4.69, 9.17) is 23.2 Å². The third kappa shape index (κ3) is 4.58. The highest BCUT2D eigenvalue weighted by Crippen LogP contribution is 2.50.